The molecule has 0 aliphatic carbocycles. The lowest BCUT2D eigenvalue weighted by atomic mass is 10.2. The summed E-state index contributed by atoms with van der Waals surface area (Å²) in [6.07, 6.45) is 1.00. The van der Waals surface area contributed by atoms with Crippen LogP contribution >= 0.6 is 11.3 Å². The van der Waals surface area contributed by atoms with Crippen LogP contribution in [0.15, 0.2) is 22.3 Å². The van der Waals surface area contributed by atoms with Gasteiger partial charge in [-0.05, 0) is 18.4 Å². The highest BCUT2D eigenvalue weighted by Crippen LogP contribution is 2.12. The van der Waals surface area contributed by atoms with Gasteiger partial charge in [-0.25, -0.2) is 4.98 Å². The average Bonchev–Trinajstić information content (AvgIpc) is 2.76. The second-order valence-corrected chi connectivity index (χ2v) is 4.84. The van der Waals surface area contributed by atoms with Crippen molar-refractivity contribution in [2.45, 2.75) is 19.8 Å². The zero-order chi connectivity index (χ0) is 12.3. The van der Waals surface area contributed by atoms with Gasteiger partial charge < -0.3 is 10.1 Å². The van der Waals surface area contributed by atoms with Crippen molar-refractivity contribution in [3.05, 3.63) is 49.8 Å². The highest BCUT2D eigenvalue weighted by molar-refractivity contribution is 7.09. The Kier molecular flexibility index (Phi) is 3.71. The molecular weight excluding hydrogens is 236 g/mol. The highest BCUT2D eigenvalue weighted by atomic mass is 32.1. The van der Waals surface area contributed by atoms with Crippen molar-refractivity contribution < 1.29 is 5.11 Å². The Morgan fingerprint density at radius 3 is 2.94 bits per heavy atom. The smallest absolute Gasteiger partial charge is 0.254 e. The number of aryl methyl sites for hydroxylation is 1. The van der Waals surface area contributed by atoms with Gasteiger partial charge in [0.15, 0.2) is 0 Å². The Balaban J connectivity index is 2.29. The fourth-order valence-electron chi connectivity index (χ4n) is 1.74. The van der Waals surface area contributed by atoms with E-state index in [0.29, 0.717) is 29.9 Å². The molecule has 0 aromatic carbocycles. The van der Waals surface area contributed by atoms with Gasteiger partial charge in [0.05, 0.1) is 0 Å². The van der Waals surface area contributed by atoms with Crippen LogP contribution in [0.25, 0.3) is 0 Å². The van der Waals surface area contributed by atoms with Gasteiger partial charge in [0.1, 0.15) is 5.82 Å². The molecule has 2 aromatic heterocycles. The molecule has 0 bridgehead atoms. The van der Waals surface area contributed by atoms with Gasteiger partial charge in [-0.3, -0.25) is 4.79 Å². The van der Waals surface area contributed by atoms with Crippen LogP contribution in [0.2, 0.25) is 0 Å². The molecule has 0 fully saturated rings. The maximum absolute atomic E-state index is 11.8. The SMILES string of the molecule is Cc1nc(Cc2cccs2)[nH]c(=O)c1CCO. The number of aliphatic hydroxyl groups is 1. The third kappa shape index (κ3) is 2.81. The second-order valence-electron chi connectivity index (χ2n) is 3.81. The minimum Gasteiger partial charge on any atom is -0.396 e. The molecule has 0 atom stereocenters. The quantitative estimate of drug-likeness (QED) is 0.858. The summed E-state index contributed by atoms with van der Waals surface area (Å²) in [5.41, 5.74) is 1.13. The molecule has 4 nitrogen and oxygen atoms in total. The van der Waals surface area contributed by atoms with Crippen molar-refractivity contribution >= 4 is 11.3 Å². The first-order valence-corrected chi connectivity index (χ1v) is 6.30. The maximum atomic E-state index is 11.8. The molecule has 0 saturated heterocycles. The molecule has 17 heavy (non-hydrogen) atoms. The number of aliphatic hydroxyl groups excluding tert-OH is 1. The molecule has 0 aliphatic heterocycles. The third-order valence-corrected chi connectivity index (χ3v) is 3.43. The topological polar surface area (TPSA) is 66.0 Å². The molecule has 0 unspecified atom stereocenters. The van der Waals surface area contributed by atoms with E-state index in [4.69, 9.17) is 5.11 Å². The number of nitrogens with one attached hydrogen (secondary N) is 1. The lowest BCUT2D eigenvalue weighted by molar-refractivity contribution is 0.298. The van der Waals surface area contributed by atoms with E-state index in [2.05, 4.69) is 9.97 Å². The Hall–Kier alpha value is -1.46. The summed E-state index contributed by atoms with van der Waals surface area (Å²) >= 11 is 1.64. The zero-order valence-corrected chi connectivity index (χ0v) is 10.4. The molecule has 0 aliphatic rings. The van der Waals surface area contributed by atoms with Crippen molar-refractivity contribution in [2.75, 3.05) is 6.61 Å². The van der Waals surface area contributed by atoms with Crippen LogP contribution < -0.4 is 5.56 Å². The standard InChI is InChI=1S/C12H14N2O2S/c1-8-10(4-5-15)12(16)14-11(13-8)7-9-3-2-6-17-9/h2-3,6,15H,4-5,7H2,1H3,(H,13,14,16). The van der Waals surface area contributed by atoms with Gasteiger partial charge in [0.25, 0.3) is 5.56 Å². The molecule has 2 rings (SSSR count). The van der Waals surface area contributed by atoms with Gasteiger partial charge in [-0.2, -0.15) is 0 Å². The van der Waals surface area contributed by atoms with E-state index in [1.165, 1.54) is 4.88 Å². The first-order valence-electron chi connectivity index (χ1n) is 5.42. The van der Waals surface area contributed by atoms with Gasteiger partial charge in [-0.1, -0.05) is 6.07 Å². The summed E-state index contributed by atoms with van der Waals surface area (Å²) < 4.78 is 0. The van der Waals surface area contributed by atoms with Crippen LogP contribution in [-0.4, -0.2) is 21.7 Å². The van der Waals surface area contributed by atoms with Crippen molar-refractivity contribution in [1.82, 2.24) is 9.97 Å². The molecule has 2 aromatic rings. The third-order valence-electron chi connectivity index (χ3n) is 2.55. The first-order chi connectivity index (χ1) is 8.20. The lowest BCUT2D eigenvalue weighted by Gasteiger charge is -2.05. The maximum Gasteiger partial charge on any atom is 0.254 e. The van der Waals surface area contributed by atoms with Crippen LogP contribution in [0, 0.1) is 6.92 Å². The minimum atomic E-state index is -0.141. The average molecular weight is 250 g/mol. The number of hydrogen-bond donors (Lipinski definition) is 2. The number of thiophene rings is 1. The van der Waals surface area contributed by atoms with E-state index >= 15 is 0 Å². The molecule has 5 heteroatoms. The van der Waals surface area contributed by atoms with Crippen LogP contribution in [0.1, 0.15) is 22.0 Å². The van der Waals surface area contributed by atoms with E-state index in [1.807, 2.05) is 17.5 Å². The summed E-state index contributed by atoms with van der Waals surface area (Å²) in [7, 11) is 0. The van der Waals surface area contributed by atoms with Crippen molar-refractivity contribution in [3.8, 4) is 0 Å². The number of aromatic nitrogens is 2. The largest absolute Gasteiger partial charge is 0.396 e. The molecular formula is C12H14N2O2S. The van der Waals surface area contributed by atoms with Crippen molar-refractivity contribution in [3.63, 3.8) is 0 Å². The van der Waals surface area contributed by atoms with E-state index < -0.39 is 0 Å². The minimum absolute atomic E-state index is 0.0319. The number of H-pyrrole nitrogens is 1. The van der Waals surface area contributed by atoms with E-state index in [9.17, 15) is 4.79 Å². The predicted molar refractivity (Wildman–Crippen MR) is 67.5 cm³/mol. The fraction of sp³-hybridized carbons (Fsp3) is 0.333. The van der Waals surface area contributed by atoms with E-state index in [1.54, 1.807) is 18.3 Å². The number of hydrogen-bond acceptors (Lipinski definition) is 4. The number of aromatic amines is 1. The summed E-state index contributed by atoms with van der Waals surface area (Å²) in [6.45, 7) is 1.77. The fourth-order valence-corrected chi connectivity index (χ4v) is 2.45. The Morgan fingerprint density at radius 2 is 2.35 bits per heavy atom. The zero-order valence-electron chi connectivity index (χ0n) is 9.56. The van der Waals surface area contributed by atoms with E-state index in [0.717, 1.165) is 0 Å². The summed E-state index contributed by atoms with van der Waals surface area (Å²) in [4.78, 5) is 20.1. The Labute approximate surface area is 103 Å². The van der Waals surface area contributed by atoms with Crippen LogP contribution in [0.5, 0.6) is 0 Å². The predicted octanol–water partition coefficient (Wildman–Crippen LogP) is 1.27. The van der Waals surface area contributed by atoms with Gasteiger partial charge in [0.2, 0.25) is 0 Å². The lowest BCUT2D eigenvalue weighted by Crippen LogP contribution is -2.20. The van der Waals surface area contributed by atoms with Gasteiger partial charge in [-0.15, -0.1) is 11.3 Å². The summed E-state index contributed by atoms with van der Waals surface area (Å²) in [5.74, 6) is 0.677. The molecule has 2 heterocycles. The summed E-state index contributed by atoms with van der Waals surface area (Å²) in [6, 6.07) is 3.99. The number of rotatable bonds is 4. The molecule has 0 saturated carbocycles. The second kappa shape index (κ2) is 5.25. The summed E-state index contributed by atoms with van der Waals surface area (Å²) in [5, 5.41) is 10.9. The van der Waals surface area contributed by atoms with Crippen molar-refractivity contribution in [2.24, 2.45) is 0 Å². The van der Waals surface area contributed by atoms with Crippen LogP contribution in [0.3, 0.4) is 0 Å². The van der Waals surface area contributed by atoms with Crippen LogP contribution in [-0.2, 0) is 12.8 Å². The Morgan fingerprint density at radius 1 is 1.53 bits per heavy atom. The van der Waals surface area contributed by atoms with Crippen LogP contribution in [0.4, 0.5) is 0 Å². The normalized spacial score (nSPS) is 10.7. The highest BCUT2D eigenvalue weighted by Gasteiger charge is 2.08. The van der Waals surface area contributed by atoms with E-state index in [-0.39, 0.29) is 12.2 Å². The molecule has 0 radical (unpaired) electrons. The van der Waals surface area contributed by atoms with Crippen molar-refractivity contribution in [1.29, 1.82) is 0 Å². The monoisotopic (exact) mass is 250 g/mol. The number of nitrogens with zero attached hydrogens (tertiary/aromatic N) is 1. The van der Waals surface area contributed by atoms with Gasteiger partial charge >= 0.3 is 0 Å². The Bertz CT molecular complexity index is 546. The molecule has 0 amide bonds. The molecule has 90 valence electrons. The molecule has 2 N–H and O–H groups in total. The molecule has 0 spiro atoms. The first kappa shape index (κ1) is 12.0. The van der Waals surface area contributed by atoms with Gasteiger partial charge in [0, 0.05) is 35.6 Å².